The number of halogens is 1. The van der Waals surface area contributed by atoms with Crippen molar-refractivity contribution in [2.24, 2.45) is 0 Å². The lowest BCUT2D eigenvalue weighted by atomic mass is 10.1. The zero-order valence-corrected chi connectivity index (χ0v) is 12.6. The number of imide groups is 1. The lowest BCUT2D eigenvalue weighted by Gasteiger charge is -2.12. The molecule has 3 rings (SSSR count). The molecule has 0 aromatic heterocycles. The minimum atomic E-state index is -0.513. The Bertz CT molecular complexity index is 789. The van der Waals surface area contributed by atoms with E-state index in [0.717, 1.165) is 4.90 Å². The highest BCUT2D eigenvalue weighted by Gasteiger charge is 2.28. The van der Waals surface area contributed by atoms with Crippen molar-refractivity contribution in [2.45, 2.75) is 6.54 Å². The quantitative estimate of drug-likeness (QED) is 0.845. The Morgan fingerprint density at radius 2 is 1.83 bits per heavy atom. The van der Waals surface area contributed by atoms with Gasteiger partial charge in [-0.15, -0.1) is 0 Å². The average Bonchev–Trinajstić information content (AvgIpc) is 2.89. The second-order valence-electron chi connectivity index (χ2n) is 5.27. The van der Waals surface area contributed by atoms with E-state index in [1.54, 1.807) is 30.3 Å². The molecule has 4 amide bonds. The Balaban J connectivity index is 1.68. The fourth-order valence-electron chi connectivity index (χ4n) is 2.32. The van der Waals surface area contributed by atoms with Crippen LogP contribution in [-0.2, 0) is 11.3 Å². The van der Waals surface area contributed by atoms with Gasteiger partial charge < -0.3 is 10.6 Å². The van der Waals surface area contributed by atoms with Crippen molar-refractivity contribution in [2.75, 3.05) is 11.9 Å². The van der Waals surface area contributed by atoms with Crippen LogP contribution in [0.4, 0.5) is 14.9 Å². The maximum absolute atomic E-state index is 13.5. The van der Waals surface area contributed by atoms with Gasteiger partial charge in [0.1, 0.15) is 5.82 Å². The van der Waals surface area contributed by atoms with Crippen LogP contribution in [0, 0.1) is 5.82 Å². The van der Waals surface area contributed by atoms with Crippen LogP contribution in [0.2, 0.25) is 0 Å². The van der Waals surface area contributed by atoms with Crippen molar-refractivity contribution >= 4 is 23.5 Å². The predicted molar refractivity (Wildman–Crippen MR) is 84.7 cm³/mol. The molecule has 1 saturated heterocycles. The van der Waals surface area contributed by atoms with Crippen molar-refractivity contribution in [1.82, 2.24) is 10.2 Å². The second kappa shape index (κ2) is 6.49. The molecule has 0 atom stereocenters. The van der Waals surface area contributed by atoms with Crippen molar-refractivity contribution in [3.05, 3.63) is 65.5 Å². The van der Waals surface area contributed by atoms with E-state index in [1.807, 2.05) is 0 Å². The smallest absolute Gasteiger partial charge is 0.324 e. The number of amides is 4. The van der Waals surface area contributed by atoms with Gasteiger partial charge >= 0.3 is 6.03 Å². The number of hydrogen-bond acceptors (Lipinski definition) is 3. The molecular weight excluding hydrogens is 313 g/mol. The van der Waals surface area contributed by atoms with E-state index in [1.165, 1.54) is 18.2 Å². The van der Waals surface area contributed by atoms with Crippen LogP contribution in [-0.4, -0.2) is 29.3 Å². The summed E-state index contributed by atoms with van der Waals surface area (Å²) in [5.41, 5.74) is 1.16. The highest BCUT2D eigenvalue weighted by molar-refractivity contribution is 6.04. The topological polar surface area (TPSA) is 78.5 Å². The molecule has 0 spiro atoms. The van der Waals surface area contributed by atoms with Gasteiger partial charge in [0.2, 0.25) is 5.91 Å². The molecule has 2 aromatic rings. The third kappa shape index (κ3) is 3.24. The number of carbonyl (C=O) groups is 3. The number of hydrogen-bond donors (Lipinski definition) is 2. The maximum atomic E-state index is 13.5. The summed E-state index contributed by atoms with van der Waals surface area (Å²) in [6, 6.07) is 11.9. The van der Waals surface area contributed by atoms with Gasteiger partial charge in [-0.05, 0) is 29.8 Å². The minimum Gasteiger partial charge on any atom is -0.329 e. The summed E-state index contributed by atoms with van der Waals surface area (Å²) in [6.45, 7) is 0.141. The number of nitrogens with zero attached hydrogens (tertiary/aromatic N) is 1. The second-order valence-corrected chi connectivity index (χ2v) is 5.27. The maximum Gasteiger partial charge on any atom is 0.324 e. The van der Waals surface area contributed by atoms with Crippen LogP contribution in [0.5, 0.6) is 0 Å². The lowest BCUT2D eigenvalue weighted by Crippen LogP contribution is -2.30. The number of anilines is 1. The summed E-state index contributed by atoms with van der Waals surface area (Å²) in [4.78, 5) is 36.3. The molecule has 1 heterocycles. The molecule has 0 unspecified atom stereocenters. The first-order valence-electron chi connectivity index (χ1n) is 7.27. The zero-order valence-electron chi connectivity index (χ0n) is 12.6. The molecule has 0 aliphatic carbocycles. The van der Waals surface area contributed by atoms with E-state index in [9.17, 15) is 18.8 Å². The van der Waals surface area contributed by atoms with Crippen LogP contribution < -0.4 is 10.6 Å². The summed E-state index contributed by atoms with van der Waals surface area (Å²) < 4.78 is 13.5. The molecule has 0 bridgehead atoms. The standard InChI is InChI=1S/C17H14FN3O3/c18-13-3-1-2-4-14(13)20-16(23)12-7-5-11(6-8-12)10-21-15(22)9-19-17(21)24/h1-8H,9-10H2,(H,19,24)(H,20,23). The minimum absolute atomic E-state index is 0.00195. The Kier molecular flexibility index (Phi) is 4.24. The number of carbonyl (C=O) groups excluding carboxylic acids is 3. The van der Waals surface area contributed by atoms with Gasteiger partial charge in [-0.25, -0.2) is 9.18 Å². The fraction of sp³-hybridized carbons (Fsp3) is 0.118. The van der Waals surface area contributed by atoms with E-state index in [2.05, 4.69) is 10.6 Å². The third-order valence-corrected chi connectivity index (χ3v) is 3.62. The average molecular weight is 327 g/mol. The number of nitrogens with one attached hydrogen (secondary N) is 2. The predicted octanol–water partition coefficient (Wildman–Crippen LogP) is 2.13. The van der Waals surface area contributed by atoms with E-state index in [4.69, 9.17) is 0 Å². The van der Waals surface area contributed by atoms with Gasteiger partial charge in [0, 0.05) is 5.56 Å². The molecule has 6 nitrogen and oxygen atoms in total. The Morgan fingerprint density at radius 3 is 2.46 bits per heavy atom. The van der Waals surface area contributed by atoms with E-state index in [0.29, 0.717) is 11.1 Å². The monoisotopic (exact) mass is 327 g/mol. The molecule has 1 fully saturated rings. The van der Waals surface area contributed by atoms with E-state index in [-0.39, 0.29) is 24.7 Å². The molecular formula is C17H14FN3O3. The zero-order chi connectivity index (χ0) is 17.1. The van der Waals surface area contributed by atoms with Crippen molar-refractivity contribution in [3.8, 4) is 0 Å². The Morgan fingerprint density at radius 1 is 1.12 bits per heavy atom. The van der Waals surface area contributed by atoms with Crippen molar-refractivity contribution in [3.63, 3.8) is 0 Å². The lowest BCUT2D eigenvalue weighted by molar-refractivity contribution is -0.125. The molecule has 2 N–H and O–H groups in total. The van der Waals surface area contributed by atoms with E-state index < -0.39 is 17.8 Å². The number of urea groups is 1. The molecule has 0 saturated carbocycles. The van der Waals surface area contributed by atoms with Crippen LogP contribution in [0.3, 0.4) is 0 Å². The normalized spacial score (nSPS) is 13.8. The van der Waals surface area contributed by atoms with Crippen LogP contribution in [0.25, 0.3) is 0 Å². The van der Waals surface area contributed by atoms with Crippen LogP contribution in [0.1, 0.15) is 15.9 Å². The summed E-state index contributed by atoms with van der Waals surface area (Å²) in [7, 11) is 0. The number of para-hydroxylation sites is 1. The van der Waals surface area contributed by atoms with Crippen molar-refractivity contribution in [1.29, 1.82) is 0 Å². The van der Waals surface area contributed by atoms with Gasteiger partial charge in [0.25, 0.3) is 5.91 Å². The van der Waals surface area contributed by atoms with E-state index >= 15 is 0 Å². The fourth-order valence-corrected chi connectivity index (χ4v) is 2.32. The van der Waals surface area contributed by atoms with Gasteiger partial charge in [-0.2, -0.15) is 0 Å². The molecule has 2 aromatic carbocycles. The first-order valence-corrected chi connectivity index (χ1v) is 7.27. The summed E-state index contributed by atoms with van der Waals surface area (Å²) in [5.74, 6) is -1.25. The Hall–Kier alpha value is -3.22. The number of benzene rings is 2. The van der Waals surface area contributed by atoms with Crippen molar-refractivity contribution < 1.29 is 18.8 Å². The van der Waals surface area contributed by atoms with Crippen LogP contribution in [0.15, 0.2) is 48.5 Å². The molecule has 1 aliphatic rings. The molecule has 24 heavy (non-hydrogen) atoms. The van der Waals surface area contributed by atoms with Gasteiger partial charge in [0.15, 0.2) is 0 Å². The molecule has 122 valence electrons. The molecule has 1 aliphatic heterocycles. The summed E-state index contributed by atoms with van der Waals surface area (Å²) in [5, 5.41) is 4.93. The highest BCUT2D eigenvalue weighted by Crippen LogP contribution is 2.15. The third-order valence-electron chi connectivity index (χ3n) is 3.62. The Labute approximate surface area is 137 Å². The van der Waals surface area contributed by atoms with Gasteiger partial charge in [-0.3, -0.25) is 14.5 Å². The summed E-state index contributed by atoms with van der Waals surface area (Å²) >= 11 is 0. The highest BCUT2D eigenvalue weighted by atomic mass is 19.1. The largest absolute Gasteiger partial charge is 0.329 e. The molecule has 7 heteroatoms. The number of rotatable bonds is 4. The van der Waals surface area contributed by atoms with Gasteiger partial charge in [0.05, 0.1) is 18.8 Å². The SMILES string of the molecule is O=C(Nc1ccccc1F)c1ccc(CN2C(=O)CNC2=O)cc1. The first kappa shape index (κ1) is 15.7. The first-order chi connectivity index (χ1) is 11.5. The van der Waals surface area contributed by atoms with Crippen LogP contribution >= 0.6 is 0 Å². The van der Waals surface area contributed by atoms with Gasteiger partial charge in [-0.1, -0.05) is 24.3 Å². The molecule has 0 radical (unpaired) electrons. The summed E-state index contributed by atoms with van der Waals surface area (Å²) in [6.07, 6.45) is 0.